The Morgan fingerprint density at radius 3 is 2.73 bits per heavy atom. The van der Waals surface area contributed by atoms with E-state index in [-0.39, 0.29) is 0 Å². The lowest BCUT2D eigenvalue weighted by Gasteiger charge is -1.85. The molecular formula is C9H8N2. The Kier molecular flexibility index (Phi) is 1.15. The first-order valence-corrected chi connectivity index (χ1v) is 3.49. The van der Waals surface area contributed by atoms with Crippen molar-refractivity contribution in [3.05, 3.63) is 46.9 Å². The van der Waals surface area contributed by atoms with Crippen LogP contribution in [0.1, 0.15) is 5.56 Å². The molecule has 1 aromatic carbocycles. The highest BCUT2D eigenvalue weighted by Gasteiger charge is 1.97. The zero-order valence-electron chi connectivity index (χ0n) is 6.33. The zero-order valence-corrected chi connectivity index (χ0v) is 6.33. The van der Waals surface area contributed by atoms with Crippen molar-refractivity contribution in [3.8, 4) is 0 Å². The number of benzene rings is 1. The standard InChI is InChI=1S/C9H8N2/c1-6-3-4-8-9(5-6)11-7(2)10-8/h3-5H,2H2,1H3. The van der Waals surface area contributed by atoms with Crippen molar-refractivity contribution >= 4 is 0 Å². The molecule has 2 nitrogen and oxygen atoms in total. The number of hydrogen-bond acceptors (Lipinski definition) is 2. The smallest absolute Gasteiger partial charge is 0.146 e. The van der Waals surface area contributed by atoms with Gasteiger partial charge >= 0.3 is 0 Å². The third-order valence-electron chi connectivity index (χ3n) is 1.63. The van der Waals surface area contributed by atoms with E-state index in [2.05, 4.69) is 16.6 Å². The van der Waals surface area contributed by atoms with Crippen LogP contribution in [0.25, 0.3) is 0 Å². The van der Waals surface area contributed by atoms with Gasteiger partial charge in [0.05, 0.1) is 10.7 Å². The van der Waals surface area contributed by atoms with Crippen LogP contribution in [0.15, 0.2) is 40.6 Å². The maximum Gasteiger partial charge on any atom is 0.146 e. The second-order valence-electron chi connectivity index (χ2n) is 2.63. The number of fused-ring (bicyclic) bond motifs is 1. The van der Waals surface area contributed by atoms with Crippen LogP contribution < -0.4 is 10.7 Å². The van der Waals surface area contributed by atoms with Crippen molar-refractivity contribution in [2.45, 2.75) is 6.92 Å². The van der Waals surface area contributed by atoms with Crippen molar-refractivity contribution in [1.29, 1.82) is 0 Å². The maximum absolute atomic E-state index is 4.15. The van der Waals surface area contributed by atoms with E-state index in [4.69, 9.17) is 0 Å². The third kappa shape index (κ3) is 0.963. The van der Waals surface area contributed by atoms with Gasteiger partial charge in [0.25, 0.3) is 0 Å². The molecule has 11 heavy (non-hydrogen) atoms. The van der Waals surface area contributed by atoms with Gasteiger partial charge in [0.2, 0.25) is 0 Å². The largest absolute Gasteiger partial charge is 0.228 e. The van der Waals surface area contributed by atoms with E-state index in [1.54, 1.807) is 0 Å². The summed E-state index contributed by atoms with van der Waals surface area (Å²) in [5.41, 5.74) is 1.21. The highest BCUT2D eigenvalue weighted by atomic mass is 15.0. The van der Waals surface area contributed by atoms with Crippen LogP contribution in [-0.2, 0) is 0 Å². The van der Waals surface area contributed by atoms with Crippen molar-refractivity contribution in [1.82, 2.24) is 0 Å². The van der Waals surface area contributed by atoms with Crippen LogP contribution in [0, 0.1) is 6.92 Å². The van der Waals surface area contributed by atoms with Gasteiger partial charge in [-0.05, 0) is 24.6 Å². The molecule has 0 fully saturated rings. The van der Waals surface area contributed by atoms with Crippen LogP contribution in [-0.4, -0.2) is 0 Å². The number of hydrogen-bond donors (Lipinski definition) is 0. The first kappa shape index (κ1) is 6.28. The lowest BCUT2D eigenvalue weighted by atomic mass is 10.2. The molecule has 0 saturated carbocycles. The first-order chi connectivity index (χ1) is 5.25. The fraction of sp³-hybridized carbons (Fsp3) is 0.111. The molecular weight excluding hydrogens is 136 g/mol. The van der Waals surface area contributed by atoms with Gasteiger partial charge in [0, 0.05) is 0 Å². The van der Waals surface area contributed by atoms with E-state index >= 15 is 0 Å². The fourth-order valence-electron chi connectivity index (χ4n) is 1.12. The van der Waals surface area contributed by atoms with Crippen LogP contribution in [0.5, 0.6) is 0 Å². The summed E-state index contributed by atoms with van der Waals surface area (Å²) in [5, 5.41) is 1.87. The molecule has 0 aromatic heterocycles. The Labute approximate surface area is 64.6 Å². The summed E-state index contributed by atoms with van der Waals surface area (Å²) in [5.74, 6) is 0.602. The van der Waals surface area contributed by atoms with Crippen molar-refractivity contribution < 1.29 is 0 Å². The van der Waals surface area contributed by atoms with Crippen LogP contribution in [0.3, 0.4) is 0 Å². The van der Waals surface area contributed by atoms with Crippen LogP contribution in [0.4, 0.5) is 0 Å². The van der Waals surface area contributed by atoms with Gasteiger partial charge in [-0.25, -0.2) is 9.98 Å². The Balaban J connectivity index is 2.89. The lowest BCUT2D eigenvalue weighted by Crippen LogP contribution is -2.20. The molecule has 1 aliphatic rings. The number of rotatable bonds is 0. The second-order valence-corrected chi connectivity index (χ2v) is 2.63. The van der Waals surface area contributed by atoms with Crippen molar-refractivity contribution in [3.63, 3.8) is 0 Å². The van der Waals surface area contributed by atoms with Gasteiger partial charge in [-0.15, -0.1) is 0 Å². The van der Waals surface area contributed by atoms with E-state index in [9.17, 15) is 0 Å². The molecule has 54 valence electrons. The van der Waals surface area contributed by atoms with E-state index in [0.29, 0.717) is 5.82 Å². The van der Waals surface area contributed by atoms with E-state index < -0.39 is 0 Å². The van der Waals surface area contributed by atoms with Crippen LogP contribution in [0.2, 0.25) is 0 Å². The van der Waals surface area contributed by atoms with Gasteiger partial charge < -0.3 is 0 Å². The summed E-state index contributed by atoms with van der Waals surface area (Å²) in [6.07, 6.45) is 0. The third-order valence-corrected chi connectivity index (χ3v) is 1.63. The summed E-state index contributed by atoms with van der Waals surface area (Å²) in [6.45, 7) is 5.70. The summed E-state index contributed by atoms with van der Waals surface area (Å²) >= 11 is 0. The van der Waals surface area contributed by atoms with Gasteiger partial charge in [0.1, 0.15) is 5.82 Å². The molecule has 1 heterocycles. The lowest BCUT2D eigenvalue weighted by molar-refractivity contribution is 1.24. The molecule has 0 atom stereocenters. The minimum absolute atomic E-state index is 0.602. The van der Waals surface area contributed by atoms with Gasteiger partial charge in [-0.3, -0.25) is 0 Å². The number of aryl methyl sites for hydroxylation is 1. The second kappa shape index (κ2) is 2.02. The molecule has 0 spiro atoms. The molecule has 2 rings (SSSR count). The quantitative estimate of drug-likeness (QED) is 0.512. The first-order valence-electron chi connectivity index (χ1n) is 3.49. The van der Waals surface area contributed by atoms with Gasteiger partial charge in [-0.2, -0.15) is 0 Å². The summed E-state index contributed by atoms with van der Waals surface area (Å²) in [4.78, 5) is 8.28. The topological polar surface area (TPSA) is 24.7 Å². The SMILES string of the molecule is C=C1N=c2ccc(C)cc2=N1. The minimum Gasteiger partial charge on any atom is -0.228 e. The molecule has 2 heteroatoms. The Bertz CT molecular complexity index is 429. The average Bonchev–Trinajstić information content (AvgIpc) is 2.27. The Morgan fingerprint density at radius 1 is 1.18 bits per heavy atom. The van der Waals surface area contributed by atoms with E-state index in [0.717, 1.165) is 10.7 Å². The molecule has 0 amide bonds. The molecule has 0 bridgehead atoms. The molecule has 1 aliphatic heterocycles. The molecule has 0 N–H and O–H groups in total. The van der Waals surface area contributed by atoms with Gasteiger partial charge in [-0.1, -0.05) is 12.6 Å². The molecule has 0 aliphatic carbocycles. The predicted octanol–water partition coefficient (Wildman–Crippen LogP) is 0.719. The van der Waals surface area contributed by atoms with Crippen molar-refractivity contribution in [2.24, 2.45) is 9.98 Å². The zero-order chi connectivity index (χ0) is 7.84. The van der Waals surface area contributed by atoms with E-state index in [1.165, 1.54) is 5.56 Å². The fourth-order valence-corrected chi connectivity index (χ4v) is 1.12. The maximum atomic E-state index is 4.15. The molecule has 0 radical (unpaired) electrons. The highest BCUT2D eigenvalue weighted by Crippen LogP contribution is 1.95. The van der Waals surface area contributed by atoms with Crippen LogP contribution >= 0.6 is 0 Å². The average molecular weight is 144 g/mol. The molecule has 0 unspecified atom stereocenters. The minimum atomic E-state index is 0.602. The Morgan fingerprint density at radius 2 is 1.91 bits per heavy atom. The van der Waals surface area contributed by atoms with Crippen molar-refractivity contribution in [2.75, 3.05) is 0 Å². The molecule has 1 aromatic rings. The molecule has 0 saturated heterocycles. The Hall–Kier alpha value is -1.44. The monoisotopic (exact) mass is 144 g/mol. The summed E-state index contributed by atoms with van der Waals surface area (Å²) < 4.78 is 0. The summed E-state index contributed by atoms with van der Waals surface area (Å²) in [6, 6.07) is 6.00. The van der Waals surface area contributed by atoms with Gasteiger partial charge in [0.15, 0.2) is 0 Å². The summed E-state index contributed by atoms with van der Waals surface area (Å²) in [7, 11) is 0. The number of nitrogens with zero attached hydrogens (tertiary/aromatic N) is 2. The highest BCUT2D eigenvalue weighted by molar-refractivity contribution is 5.16. The normalized spacial score (nSPS) is 13.7. The van der Waals surface area contributed by atoms with E-state index in [1.807, 2.05) is 25.1 Å². The predicted molar refractivity (Wildman–Crippen MR) is 42.6 cm³/mol.